The maximum Gasteiger partial charge on any atom is 0.335 e. The molecule has 0 fully saturated rings. The molecular weight excluding hydrogens is 258 g/mol. The highest BCUT2D eigenvalue weighted by Gasteiger charge is 2.09. The summed E-state index contributed by atoms with van der Waals surface area (Å²) in [4.78, 5) is 26.6. The van der Waals surface area contributed by atoms with Gasteiger partial charge in [0, 0.05) is 11.9 Å². The fourth-order valence-corrected chi connectivity index (χ4v) is 1.61. The Bertz CT molecular complexity index is 641. The maximum absolute atomic E-state index is 11.8. The second-order valence-corrected chi connectivity index (χ2v) is 4.16. The van der Waals surface area contributed by atoms with Crippen LogP contribution in [-0.4, -0.2) is 22.1 Å². The molecule has 0 saturated heterocycles. The Labute approximate surface area is 115 Å². The van der Waals surface area contributed by atoms with Crippen molar-refractivity contribution >= 4 is 23.4 Å². The number of nitrogens with zero attached hydrogens (tertiary/aromatic N) is 1. The van der Waals surface area contributed by atoms with Crippen LogP contribution in [0.25, 0.3) is 0 Å². The van der Waals surface area contributed by atoms with E-state index in [4.69, 9.17) is 5.11 Å². The SMILES string of the molecule is Cc1ccc(C(=O)O)cc1NC(=O)Nc1cccnc1. The Morgan fingerprint density at radius 2 is 2.00 bits per heavy atom. The Kier molecular flexibility index (Phi) is 3.95. The van der Waals surface area contributed by atoms with Crippen LogP contribution in [0.2, 0.25) is 0 Å². The summed E-state index contributed by atoms with van der Waals surface area (Å²) in [5.41, 5.74) is 1.90. The number of pyridine rings is 1. The minimum atomic E-state index is -1.04. The van der Waals surface area contributed by atoms with Gasteiger partial charge in [-0.15, -0.1) is 0 Å². The average Bonchev–Trinajstić information content (AvgIpc) is 2.42. The number of carbonyl (C=O) groups excluding carboxylic acids is 1. The first-order chi connectivity index (χ1) is 9.56. The van der Waals surface area contributed by atoms with Gasteiger partial charge >= 0.3 is 12.0 Å². The highest BCUT2D eigenvalue weighted by molar-refractivity contribution is 6.01. The van der Waals surface area contributed by atoms with Gasteiger partial charge in [0.05, 0.1) is 17.4 Å². The van der Waals surface area contributed by atoms with E-state index in [1.54, 1.807) is 31.3 Å². The summed E-state index contributed by atoms with van der Waals surface area (Å²) in [7, 11) is 0. The van der Waals surface area contributed by atoms with E-state index in [0.717, 1.165) is 5.56 Å². The Morgan fingerprint density at radius 1 is 1.20 bits per heavy atom. The molecule has 20 heavy (non-hydrogen) atoms. The molecule has 0 atom stereocenters. The van der Waals surface area contributed by atoms with Crippen molar-refractivity contribution in [2.24, 2.45) is 0 Å². The topological polar surface area (TPSA) is 91.3 Å². The zero-order chi connectivity index (χ0) is 14.5. The molecule has 0 unspecified atom stereocenters. The van der Waals surface area contributed by atoms with Crippen LogP contribution in [0.15, 0.2) is 42.7 Å². The second kappa shape index (κ2) is 5.83. The molecule has 3 N–H and O–H groups in total. The van der Waals surface area contributed by atoms with Gasteiger partial charge in [-0.05, 0) is 36.8 Å². The minimum absolute atomic E-state index is 0.118. The molecule has 6 nitrogen and oxygen atoms in total. The van der Waals surface area contributed by atoms with Crippen LogP contribution in [-0.2, 0) is 0 Å². The Morgan fingerprint density at radius 3 is 2.65 bits per heavy atom. The van der Waals surface area contributed by atoms with Crippen LogP contribution in [0.3, 0.4) is 0 Å². The summed E-state index contributed by atoms with van der Waals surface area (Å²) in [6, 6.07) is 7.49. The second-order valence-electron chi connectivity index (χ2n) is 4.16. The van der Waals surface area contributed by atoms with Crippen molar-refractivity contribution in [3.63, 3.8) is 0 Å². The molecule has 2 amide bonds. The fourth-order valence-electron chi connectivity index (χ4n) is 1.61. The number of aromatic carboxylic acids is 1. The number of carboxylic acids is 1. The first-order valence-corrected chi connectivity index (χ1v) is 5.88. The minimum Gasteiger partial charge on any atom is -0.478 e. The predicted octanol–water partition coefficient (Wildman–Crippen LogP) is 2.73. The number of carboxylic acid groups (broad SMARTS) is 1. The van der Waals surface area contributed by atoms with Crippen LogP contribution in [0, 0.1) is 6.92 Å². The molecule has 0 saturated carbocycles. The number of hydrogen-bond donors (Lipinski definition) is 3. The van der Waals surface area contributed by atoms with Crippen molar-refractivity contribution in [3.05, 3.63) is 53.9 Å². The first-order valence-electron chi connectivity index (χ1n) is 5.88. The highest BCUT2D eigenvalue weighted by atomic mass is 16.4. The summed E-state index contributed by atoms with van der Waals surface area (Å²) in [5.74, 6) is -1.04. The normalized spacial score (nSPS) is 9.85. The number of urea groups is 1. The van der Waals surface area contributed by atoms with Gasteiger partial charge in [-0.2, -0.15) is 0 Å². The molecule has 0 aliphatic rings. The molecule has 0 spiro atoms. The van der Waals surface area contributed by atoms with E-state index in [-0.39, 0.29) is 5.56 Å². The lowest BCUT2D eigenvalue weighted by molar-refractivity contribution is 0.0697. The Hall–Kier alpha value is -2.89. The number of rotatable bonds is 3. The van der Waals surface area contributed by atoms with E-state index in [9.17, 15) is 9.59 Å². The van der Waals surface area contributed by atoms with Gasteiger partial charge < -0.3 is 15.7 Å². The van der Waals surface area contributed by atoms with Crippen molar-refractivity contribution < 1.29 is 14.7 Å². The Balaban J connectivity index is 2.11. The zero-order valence-electron chi connectivity index (χ0n) is 10.8. The quantitative estimate of drug-likeness (QED) is 0.800. The van der Waals surface area contributed by atoms with Crippen molar-refractivity contribution in [1.82, 2.24) is 4.98 Å². The lowest BCUT2D eigenvalue weighted by atomic mass is 10.1. The number of benzene rings is 1. The summed E-state index contributed by atoms with van der Waals surface area (Å²) >= 11 is 0. The van der Waals surface area contributed by atoms with Crippen LogP contribution in [0.1, 0.15) is 15.9 Å². The van der Waals surface area contributed by atoms with Crippen LogP contribution >= 0.6 is 0 Å². The van der Waals surface area contributed by atoms with Crippen LogP contribution in [0.4, 0.5) is 16.2 Å². The number of nitrogens with one attached hydrogen (secondary N) is 2. The molecule has 1 aromatic carbocycles. The third-order valence-corrected chi connectivity index (χ3v) is 2.65. The van der Waals surface area contributed by atoms with E-state index >= 15 is 0 Å². The van der Waals surface area contributed by atoms with Crippen LogP contribution < -0.4 is 10.6 Å². The molecule has 2 rings (SSSR count). The molecule has 0 aliphatic carbocycles. The van der Waals surface area contributed by atoms with E-state index in [2.05, 4.69) is 15.6 Å². The van der Waals surface area contributed by atoms with Crippen molar-refractivity contribution in [3.8, 4) is 0 Å². The smallest absolute Gasteiger partial charge is 0.335 e. The molecule has 1 heterocycles. The first kappa shape index (κ1) is 13.5. The lowest BCUT2D eigenvalue weighted by Gasteiger charge is -2.10. The monoisotopic (exact) mass is 271 g/mol. The largest absolute Gasteiger partial charge is 0.478 e. The molecule has 1 aromatic heterocycles. The summed E-state index contributed by atoms with van der Waals surface area (Å²) in [5, 5.41) is 14.2. The van der Waals surface area contributed by atoms with E-state index in [1.807, 2.05) is 0 Å². The van der Waals surface area contributed by atoms with E-state index in [1.165, 1.54) is 18.3 Å². The third kappa shape index (κ3) is 3.32. The van der Waals surface area contributed by atoms with Gasteiger partial charge in [-0.25, -0.2) is 9.59 Å². The lowest BCUT2D eigenvalue weighted by Crippen LogP contribution is -2.20. The zero-order valence-corrected chi connectivity index (χ0v) is 10.8. The predicted molar refractivity (Wildman–Crippen MR) is 75.0 cm³/mol. The number of anilines is 2. The van der Waals surface area contributed by atoms with Crippen molar-refractivity contribution in [2.75, 3.05) is 10.6 Å². The molecule has 6 heteroatoms. The van der Waals surface area contributed by atoms with E-state index in [0.29, 0.717) is 11.4 Å². The number of aryl methyl sites for hydroxylation is 1. The van der Waals surface area contributed by atoms with Gasteiger partial charge in [0.15, 0.2) is 0 Å². The molecule has 0 aliphatic heterocycles. The highest BCUT2D eigenvalue weighted by Crippen LogP contribution is 2.17. The van der Waals surface area contributed by atoms with E-state index < -0.39 is 12.0 Å². The van der Waals surface area contributed by atoms with Gasteiger partial charge in [0.2, 0.25) is 0 Å². The summed E-state index contributed by atoms with van der Waals surface area (Å²) < 4.78 is 0. The average molecular weight is 271 g/mol. The fraction of sp³-hybridized carbons (Fsp3) is 0.0714. The standard InChI is InChI=1S/C14H13N3O3/c1-9-4-5-10(13(18)19)7-12(9)17-14(20)16-11-3-2-6-15-8-11/h2-8H,1H3,(H,18,19)(H2,16,17,20). The van der Waals surface area contributed by atoms with Gasteiger partial charge in [0.1, 0.15) is 0 Å². The molecule has 0 bridgehead atoms. The maximum atomic E-state index is 11.8. The number of amides is 2. The number of carbonyl (C=O) groups is 2. The molecule has 2 aromatic rings. The summed E-state index contributed by atoms with van der Waals surface area (Å²) in [6.07, 6.45) is 3.11. The van der Waals surface area contributed by atoms with Gasteiger partial charge in [0.25, 0.3) is 0 Å². The third-order valence-electron chi connectivity index (χ3n) is 2.65. The summed E-state index contributed by atoms with van der Waals surface area (Å²) in [6.45, 7) is 1.78. The van der Waals surface area contributed by atoms with Crippen LogP contribution in [0.5, 0.6) is 0 Å². The van der Waals surface area contributed by atoms with Crippen molar-refractivity contribution in [2.45, 2.75) is 6.92 Å². The number of aromatic nitrogens is 1. The number of hydrogen-bond acceptors (Lipinski definition) is 3. The molecule has 0 radical (unpaired) electrons. The van der Waals surface area contributed by atoms with Gasteiger partial charge in [-0.1, -0.05) is 6.07 Å². The molecule has 102 valence electrons. The molecular formula is C14H13N3O3. The van der Waals surface area contributed by atoms with Crippen molar-refractivity contribution in [1.29, 1.82) is 0 Å². The van der Waals surface area contributed by atoms with Gasteiger partial charge in [-0.3, -0.25) is 4.98 Å².